The summed E-state index contributed by atoms with van der Waals surface area (Å²) in [6.45, 7) is 24.0. The Kier molecular flexibility index (Phi) is 42.1. The third-order valence-corrected chi connectivity index (χ3v) is 1.66. The third kappa shape index (κ3) is 96.2. The Balaban J connectivity index is -0.0000000675. The van der Waals surface area contributed by atoms with E-state index in [-0.39, 0.29) is 0 Å². The van der Waals surface area contributed by atoms with Crippen LogP contribution in [0, 0.1) is 24.2 Å². The Morgan fingerprint density at radius 2 is 1.36 bits per heavy atom. The van der Waals surface area contributed by atoms with Gasteiger partial charge in [0, 0.05) is 0 Å². The minimum atomic E-state index is 0.500. The van der Waals surface area contributed by atoms with Gasteiger partial charge in [-0.2, -0.15) is 0 Å². The molecule has 134 valence electrons. The Hall–Kier alpha value is -1.00. The van der Waals surface area contributed by atoms with Crippen molar-refractivity contribution in [1.29, 1.82) is 0 Å². The van der Waals surface area contributed by atoms with Crippen LogP contribution in [0.15, 0.2) is 23.8 Å². The van der Waals surface area contributed by atoms with Crippen molar-refractivity contribution in [3.63, 3.8) is 0 Å². The highest BCUT2D eigenvalue weighted by atomic mass is 14.5. The maximum Gasteiger partial charge on any atom is -0.0106 e. The molecule has 0 aromatic heterocycles. The van der Waals surface area contributed by atoms with Crippen molar-refractivity contribution in [3.8, 4) is 12.8 Å². The molecule has 0 aliphatic carbocycles. The minimum Gasteiger partial charge on any atom is -0.331 e. The first kappa shape index (κ1) is 32.8. The standard InChI is InChI=1S/C10H18.C5H12.C2H7N.C2H6.C2H2/c1-5-7-10(4)8-9(3)6-2;1-5(2,3)4;1-2-3;2*1-2/h5-7,10H,8H2,1-4H3;1-4H3;2-3H2,1H3;1-2H3;1-2H/b7-5-,9-6-;;;;. The van der Waals surface area contributed by atoms with Crippen LogP contribution in [-0.4, -0.2) is 6.54 Å². The van der Waals surface area contributed by atoms with Gasteiger partial charge in [-0.05, 0) is 45.1 Å². The predicted octanol–water partition coefficient (Wildman–Crippen LogP) is 6.85. The van der Waals surface area contributed by atoms with Gasteiger partial charge in [0.1, 0.15) is 0 Å². The highest BCUT2D eigenvalue weighted by molar-refractivity contribution is 5.00. The van der Waals surface area contributed by atoms with Crippen LogP contribution < -0.4 is 5.73 Å². The summed E-state index contributed by atoms with van der Waals surface area (Å²) in [5, 5.41) is 0. The van der Waals surface area contributed by atoms with E-state index in [0.717, 1.165) is 6.54 Å². The van der Waals surface area contributed by atoms with E-state index < -0.39 is 0 Å². The average Bonchev–Trinajstić information content (AvgIpc) is 2.42. The van der Waals surface area contributed by atoms with Crippen molar-refractivity contribution in [2.24, 2.45) is 17.1 Å². The van der Waals surface area contributed by atoms with Crippen LogP contribution in [0.5, 0.6) is 0 Å². The summed E-state index contributed by atoms with van der Waals surface area (Å²) < 4.78 is 0. The molecule has 0 aromatic rings. The van der Waals surface area contributed by atoms with Gasteiger partial charge in [0.2, 0.25) is 0 Å². The molecule has 0 aliphatic rings. The summed E-state index contributed by atoms with van der Waals surface area (Å²) >= 11 is 0. The van der Waals surface area contributed by atoms with E-state index in [1.54, 1.807) is 0 Å². The highest BCUT2D eigenvalue weighted by Crippen LogP contribution is 2.11. The smallest absolute Gasteiger partial charge is 0.0106 e. The fourth-order valence-corrected chi connectivity index (χ4v) is 1.02. The van der Waals surface area contributed by atoms with E-state index in [1.807, 2.05) is 20.8 Å². The zero-order chi connectivity index (χ0) is 19.2. The first-order chi connectivity index (χ1) is 10.1. The molecule has 0 aromatic carbocycles. The molecule has 0 rings (SSSR count). The van der Waals surface area contributed by atoms with E-state index in [2.05, 4.69) is 86.5 Å². The first-order valence-electron chi connectivity index (χ1n) is 8.40. The van der Waals surface area contributed by atoms with Crippen LogP contribution in [0.3, 0.4) is 0 Å². The molecule has 0 bridgehead atoms. The summed E-state index contributed by atoms with van der Waals surface area (Å²) in [6.07, 6.45) is 15.7. The van der Waals surface area contributed by atoms with Crippen molar-refractivity contribution in [2.45, 2.75) is 82.6 Å². The van der Waals surface area contributed by atoms with Gasteiger partial charge in [0.15, 0.2) is 0 Å². The molecule has 0 saturated carbocycles. The Bertz CT molecular complexity index is 232. The molecule has 22 heavy (non-hydrogen) atoms. The molecule has 0 spiro atoms. The average molecular weight is 312 g/mol. The van der Waals surface area contributed by atoms with E-state index in [0.29, 0.717) is 11.3 Å². The molecule has 2 N–H and O–H groups in total. The highest BCUT2D eigenvalue weighted by Gasteiger charge is 1.96. The van der Waals surface area contributed by atoms with Crippen LogP contribution in [0.25, 0.3) is 0 Å². The normalized spacial score (nSPS) is 11.3. The summed E-state index contributed by atoms with van der Waals surface area (Å²) in [4.78, 5) is 0. The monoisotopic (exact) mass is 311 g/mol. The lowest BCUT2D eigenvalue weighted by Gasteiger charge is -2.05. The Morgan fingerprint density at radius 3 is 1.55 bits per heavy atom. The SMILES string of the molecule is C#C.C/C=C\C(C)C/C(C)=C\C.CC.CC(C)(C)C.CCN. The van der Waals surface area contributed by atoms with Gasteiger partial charge in [-0.25, -0.2) is 0 Å². The quantitative estimate of drug-likeness (QED) is 0.447. The molecule has 0 amide bonds. The van der Waals surface area contributed by atoms with Crippen LogP contribution >= 0.6 is 0 Å². The molecule has 0 fully saturated rings. The van der Waals surface area contributed by atoms with Gasteiger partial charge in [0.25, 0.3) is 0 Å². The molecule has 0 aliphatic heterocycles. The van der Waals surface area contributed by atoms with Crippen molar-refractivity contribution < 1.29 is 0 Å². The fourth-order valence-electron chi connectivity index (χ4n) is 1.02. The molecular formula is C21H45N. The van der Waals surface area contributed by atoms with Gasteiger partial charge >= 0.3 is 0 Å². The van der Waals surface area contributed by atoms with Gasteiger partial charge < -0.3 is 5.73 Å². The molecular weight excluding hydrogens is 266 g/mol. The van der Waals surface area contributed by atoms with Crippen LogP contribution in [0.2, 0.25) is 0 Å². The molecule has 1 unspecified atom stereocenters. The molecule has 0 saturated heterocycles. The van der Waals surface area contributed by atoms with Crippen molar-refractivity contribution in [2.75, 3.05) is 6.54 Å². The van der Waals surface area contributed by atoms with Crippen molar-refractivity contribution in [1.82, 2.24) is 0 Å². The van der Waals surface area contributed by atoms with E-state index in [1.165, 1.54) is 12.0 Å². The first-order valence-corrected chi connectivity index (χ1v) is 8.40. The summed E-state index contributed by atoms with van der Waals surface area (Å²) in [5.41, 5.74) is 6.82. The molecule has 1 atom stereocenters. The predicted molar refractivity (Wildman–Crippen MR) is 109 cm³/mol. The second-order valence-corrected chi connectivity index (χ2v) is 6.25. The lowest BCUT2D eigenvalue weighted by atomic mass is 10.0. The number of allylic oxidation sites excluding steroid dienone is 4. The van der Waals surface area contributed by atoms with Crippen molar-refractivity contribution >= 4 is 0 Å². The Morgan fingerprint density at radius 1 is 1.09 bits per heavy atom. The zero-order valence-electron chi connectivity index (χ0n) is 17.5. The number of nitrogens with two attached hydrogens (primary N) is 1. The van der Waals surface area contributed by atoms with Gasteiger partial charge in [-0.3, -0.25) is 0 Å². The largest absolute Gasteiger partial charge is 0.331 e. The Labute approximate surface area is 143 Å². The van der Waals surface area contributed by atoms with Crippen molar-refractivity contribution in [3.05, 3.63) is 23.8 Å². The molecule has 0 radical (unpaired) electrons. The number of terminal acetylenes is 1. The van der Waals surface area contributed by atoms with Crippen LogP contribution in [-0.2, 0) is 0 Å². The third-order valence-electron chi connectivity index (χ3n) is 1.66. The second kappa shape index (κ2) is 28.2. The topological polar surface area (TPSA) is 26.0 Å². The summed E-state index contributed by atoms with van der Waals surface area (Å²) in [5.74, 6) is 0.696. The lowest BCUT2D eigenvalue weighted by molar-refractivity contribution is 0.469. The fraction of sp³-hybridized carbons (Fsp3) is 0.714. The van der Waals surface area contributed by atoms with E-state index >= 15 is 0 Å². The molecule has 1 heteroatoms. The summed E-state index contributed by atoms with van der Waals surface area (Å²) in [7, 11) is 0. The minimum absolute atomic E-state index is 0.500. The van der Waals surface area contributed by atoms with Gasteiger partial charge in [-0.15, -0.1) is 12.8 Å². The maximum atomic E-state index is 4.85. The number of rotatable bonds is 3. The van der Waals surface area contributed by atoms with Crippen LogP contribution in [0.1, 0.15) is 82.6 Å². The van der Waals surface area contributed by atoms with E-state index in [9.17, 15) is 0 Å². The molecule has 1 nitrogen and oxygen atoms in total. The number of hydrogen-bond donors (Lipinski definition) is 1. The summed E-state index contributed by atoms with van der Waals surface area (Å²) in [6, 6.07) is 0. The molecule has 0 heterocycles. The zero-order valence-corrected chi connectivity index (χ0v) is 17.5. The van der Waals surface area contributed by atoms with E-state index in [4.69, 9.17) is 5.73 Å². The van der Waals surface area contributed by atoms with Gasteiger partial charge in [-0.1, -0.05) is 79.2 Å². The lowest BCUT2D eigenvalue weighted by Crippen LogP contribution is -1.93. The maximum absolute atomic E-state index is 4.85. The van der Waals surface area contributed by atoms with Crippen LogP contribution in [0.4, 0.5) is 0 Å². The second-order valence-electron chi connectivity index (χ2n) is 6.25. The number of hydrogen-bond acceptors (Lipinski definition) is 1. The van der Waals surface area contributed by atoms with Gasteiger partial charge in [0.05, 0.1) is 0 Å².